The van der Waals surface area contributed by atoms with Gasteiger partial charge in [-0.2, -0.15) is 0 Å². The zero-order valence-corrected chi connectivity index (χ0v) is 14.7. The molecule has 0 bridgehead atoms. The van der Waals surface area contributed by atoms with Gasteiger partial charge in [-0.15, -0.1) is 0 Å². The van der Waals surface area contributed by atoms with Crippen molar-refractivity contribution in [1.82, 2.24) is 0 Å². The highest BCUT2D eigenvalue weighted by Gasteiger charge is 2.20. The highest BCUT2D eigenvalue weighted by atomic mass is 79.9. The van der Waals surface area contributed by atoms with Crippen molar-refractivity contribution in [3.8, 4) is 11.5 Å². The van der Waals surface area contributed by atoms with Gasteiger partial charge in [-0.3, -0.25) is 0 Å². The van der Waals surface area contributed by atoms with Crippen LogP contribution in [0.3, 0.4) is 0 Å². The Kier molecular flexibility index (Phi) is 5.54. The molecular formula is C17H18BrClO2. The summed E-state index contributed by atoms with van der Waals surface area (Å²) >= 11 is 10.1. The van der Waals surface area contributed by atoms with E-state index in [1.807, 2.05) is 12.1 Å². The Morgan fingerprint density at radius 2 is 1.71 bits per heavy atom. The Hall–Kier alpha value is -1.19. The van der Waals surface area contributed by atoms with Gasteiger partial charge in [-0.25, -0.2) is 0 Å². The Morgan fingerprint density at radius 1 is 1.05 bits per heavy atom. The number of benzene rings is 2. The molecule has 0 aromatic heterocycles. The third-order valence-corrected chi connectivity index (χ3v) is 4.85. The molecule has 0 aliphatic rings. The van der Waals surface area contributed by atoms with E-state index in [0.717, 1.165) is 17.5 Å². The summed E-state index contributed by atoms with van der Waals surface area (Å²) in [4.78, 5) is 0.0155. The van der Waals surface area contributed by atoms with Gasteiger partial charge >= 0.3 is 0 Å². The normalized spacial score (nSPS) is 12.0. The number of aryl methyl sites for hydroxylation is 1. The van der Waals surface area contributed by atoms with Crippen LogP contribution in [0, 0.1) is 0 Å². The van der Waals surface area contributed by atoms with E-state index < -0.39 is 0 Å². The van der Waals surface area contributed by atoms with Crippen molar-refractivity contribution in [2.24, 2.45) is 0 Å². The zero-order valence-electron chi connectivity index (χ0n) is 12.3. The molecule has 112 valence electrons. The maximum atomic E-state index is 6.32. The van der Waals surface area contributed by atoms with Crippen LogP contribution in [0.5, 0.6) is 11.5 Å². The van der Waals surface area contributed by atoms with Crippen LogP contribution >= 0.6 is 27.5 Å². The van der Waals surface area contributed by atoms with Gasteiger partial charge in [0.1, 0.15) is 16.5 Å². The SMILES string of the molecule is CCc1ccc(C(Br)c2ccc(OC)c(Cl)c2OC)cc1. The second-order valence-electron chi connectivity index (χ2n) is 4.66. The Labute approximate surface area is 139 Å². The molecule has 2 aromatic rings. The highest BCUT2D eigenvalue weighted by molar-refractivity contribution is 9.09. The van der Waals surface area contributed by atoms with Crippen LogP contribution in [-0.4, -0.2) is 14.2 Å². The summed E-state index contributed by atoms with van der Waals surface area (Å²) < 4.78 is 10.7. The fraction of sp³-hybridized carbons (Fsp3) is 0.294. The first kappa shape index (κ1) is 16.2. The predicted octanol–water partition coefficient (Wildman–Crippen LogP) is 5.40. The third kappa shape index (κ3) is 3.35. The minimum atomic E-state index is 0.0155. The molecule has 0 saturated heterocycles. The third-order valence-electron chi connectivity index (χ3n) is 3.47. The highest BCUT2D eigenvalue weighted by Crippen LogP contribution is 2.44. The van der Waals surface area contributed by atoms with Gasteiger partial charge in [0.25, 0.3) is 0 Å². The van der Waals surface area contributed by atoms with E-state index in [9.17, 15) is 0 Å². The first-order valence-corrected chi connectivity index (χ1v) is 8.05. The lowest BCUT2D eigenvalue weighted by Crippen LogP contribution is -1.99. The van der Waals surface area contributed by atoms with Gasteiger partial charge in [0.05, 0.1) is 19.0 Å². The van der Waals surface area contributed by atoms with Crippen molar-refractivity contribution in [3.05, 3.63) is 58.1 Å². The standard InChI is InChI=1S/C17H18BrClO2/c1-4-11-5-7-12(8-6-11)15(18)13-9-10-14(20-2)16(19)17(13)21-3/h5-10,15H,4H2,1-3H3. The Balaban J connectivity index is 2.42. The molecule has 0 radical (unpaired) electrons. The summed E-state index contributed by atoms with van der Waals surface area (Å²) in [5.74, 6) is 1.25. The second-order valence-corrected chi connectivity index (χ2v) is 5.96. The quantitative estimate of drug-likeness (QED) is 0.657. The Morgan fingerprint density at radius 3 is 2.24 bits per heavy atom. The molecule has 2 rings (SSSR count). The molecule has 0 amide bonds. The molecular weight excluding hydrogens is 352 g/mol. The summed E-state index contributed by atoms with van der Waals surface area (Å²) in [6.45, 7) is 2.15. The van der Waals surface area contributed by atoms with E-state index in [4.69, 9.17) is 21.1 Å². The lowest BCUT2D eigenvalue weighted by molar-refractivity contribution is 0.392. The van der Waals surface area contributed by atoms with Crippen molar-refractivity contribution >= 4 is 27.5 Å². The van der Waals surface area contributed by atoms with E-state index in [2.05, 4.69) is 47.1 Å². The van der Waals surface area contributed by atoms with Gasteiger partial charge < -0.3 is 9.47 Å². The van der Waals surface area contributed by atoms with Crippen LogP contribution < -0.4 is 9.47 Å². The van der Waals surface area contributed by atoms with E-state index in [-0.39, 0.29) is 4.83 Å². The van der Waals surface area contributed by atoms with Crippen LogP contribution in [-0.2, 0) is 6.42 Å². The van der Waals surface area contributed by atoms with Gasteiger partial charge in [-0.05, 0) is 23.6 Å². The number of alkyl halides is 1. The average Bonchev–Trinajstić information content (AvgIpc) is 2.54. The summed E-state index contributed by atoms with van der Waals surface area (Å²) in [6, 6.07) is 12.3. The molecule has 0 heterocycles. The predicted molar refractivity (Wildman–Crippen MR) is 91.1 cm³/mol. The van der Waals surface area contributed by atoms with Crippen LogP contribution in [0.15, 0.2) is 36.4 Å². The van der Waals surface area contributed by atoms with Gasteiger partial charge in [0.15, 0.2) is 0 Å². The van der Waals surface area contributed by atoms with Crippen LogP contribution in [0.1, 0.15) is 28.4 Å². The van der Waals surface area contributed by atoms with Crippen molar-refractivity contribution in [1.29, 1.82) is 0 Å². The molecule has 2 nitrogen and oxygen atoms in total. The lowest BCUT2D eigenvalue weighted by atomic mass is 10.0. The molecule has 0 N–H and O–H groups in total. The molecule has 1 unspecified atom stereocenters. The number of halogens is 2. The topological polar surface area (TPSA) is 18.5 Å². The first-order valence-electron chi connectivity index (χ1n) is 6.75. The fourth-order valence-corrected chi connectivity index (χ4v) is 3.21. The number of ether oxygens (including phenoxy) is 2. The fourth-order valence-electron chi connectivity index (χ4n) is 2.22. The van der Waals surface area contributed by atoms with Crippen LogP contribution in [0.25, 0.3) is 0 Å². The molecule has 4 heteroatoms. The minimum Gasteiger partial charge on any atom is -0.495 e. The summed E-state index contributed by atoms with van der Waals surface area (Å²) in [5.41, 5.74) is 3.46. The molecule has 1 atom stereocenters. The van der Waals surface area contributed by atoms with Gasteiger partial charge in [0.2, 0.25) is 0 Å². The molecule has 2 aromatic carbocycles. The summed E-state index contributed by atoms with van der Waals surface area (Å²) in [7, 11) is 3.21. The van der Waals surface area contributed by atoms with E-state index >= 15 is 0 Å². The lowest BCUT2D eigenvalue weighted by Gasteiger charge is -2.17. The first-order chi connectivity index (χ1) is 10.1. The zero-order chi connectivity index (χ0) is 15.4. The monoisotopic (exact) mass is 368 g/mol. The number of hydrogen-bond donors (Lipinski definition) is 0. The van der Waals surface area contributed by atoms with E-state index in [1.54, 1.807) is 14.2 Å². The second kappa shape index (κ2) is 7.19. The maximum absolute atomic E-state index is 6.32. The van der Waals surface area contributed by atoms with Crippen molar-refractivity contribution in [3.63, 3.8) is 0 Å². The van der Waals surface area contributed by atoms with E-state index in [1.165, 1.54) is 5.56 Å². The van der Waals surface area contributed by atoms with Gasteiger partial charge in [-0.1, -0.05) is 64.8 Å². The average molecular weight is 370 g/mol. The molecule has 0 saturated carbocycles. The molecule has 21 heavy (non-hydrogen) atoms. The van der Waals surface area contributed by atoms with Gasteiger partial charge in [0, 0.05) is 5.56 Å². The van der Waals surface area contributed by atoms with Crippen LogP contribution in [0.4, 0.5) is 0 Å². The van der Waals surface area contributed by atoms with Crippen molar-refractivity contribution in [2.45, 2.75) is 18.2 Å². The van der Waals surface area contributed by atoms with Crippen molar-refractivity contribution in [2.75, 3.05) is 14.2 Å². The van der Waals surface area contributed by atoms with E-state index in [0.29, 0.717) is 16.5 Å². The largest absolute Gasteiger partial charge is 0.495 e. The summed E-state index contributed by atoms with van der Waals surface area (Å²) in [6.07, 6.45) is 1.03. The maximum Gasteiger partial charge on any atom is 0.145 e. The molecule has 0 fully saturated rings. The molecule has 0 aliphatic heterocycles. The summed E-state index contributed by atoms with van der Waals surface area (Å²) in [5, 5.41) is 0.493. The number of methoxy groups -OCH3 is 2. The number of rotatable bonds is 5. The van der Waals surface area contributed by atoms with Crippen molar-refractivity contribution < 1.29 is 9.47 Å². The Bertz CT molecular complexity index is 611. The minimum absolute atomic E-state index is 0.0155. The molecule has 0 spiro atoms. The number of hydrogen-bond acceptors (Lipinski definition) is 2. The smallest absolute Gasteiger partial charge is 0.145 e. The molecule has 0 aliphatic carbocycles. The van der Waals surface area contributed by atoms with Crippen LogP contribution in [0.2, 0.25) is 5.02 Å².